The highest BCUT2D eigenvalue weighted by atomic mass is 32.2. The van der Waals surface area contributed by atoms with Crippen LogP contribution in [0.4, 0.5) is 0 Å². The van der Waals surface area contributed by atoms with Crippen molar-refractivity contribution in [2.45, 2.75) is 38.6 Å². The summed E-state index contributed by atoms with van der Waals surface area (Å²) in [5.74, 6) is 0.660. The molecular weight excluding hydrogens is 278 g/mol. The van der Waals surface area contributed by atoms with Gasteiger partial charge in [0, 0.05) is 32.3 Å². The fourth-order valence-electron chi connectivity index (χ4n) is 3.06. The molecule has 0 bridgehead atoms. The quantitative estimate of drug-likeness (QED) is 0.765. The molecule has 118 valence electrons. The Morgan fingerprint density at radius 1 is 1.35 bits per heavy atom. The van der Waals surface area contributed by atoms with Gasteiger partial charge in [-0.1, -0.05) is 0 Å². The minimum Gasteiger partial charge on any atom is -0.381 e. The summed E-state index contributed by atoms with van der Waals surface area (Å²) in [5.41, 5.74) is 5.67. The van der Waals surface area contributed by atoms with E-state index in [1.165, 1.54) is 0 Å². The van der Waals surface area contributed by atoms with Crippen molar-refractivity contribution < 1.29 is 13.2 Å². The fourth-order valence-corrected chi connectivity index (χ4v) is 4.65. The van der Waals surface area contributed by atoms with E-state index in [1.54, 1.807) is 4.31 Å². The molecule has 0 aromatic rings. The van der Waals surface area contributed by atoms with Gasteiger partial charge in [-0.05, 0) is 51.0 Å². The lowest BCUT2D eigenvalue weighted by molar-refractivity contribution is 0.0583. The molecule has 3 N–H and O–H groups in total. The van der Waals surface area contributed by atoms with E-state index in [1.807, 2.05) is 6.92 Å². The first kappa shape index (κ1) is 16.2. The van der Waals surface area contributed by atoms with E-state index < -0.39 is 10.2 Å². The lowest BCUT2D eigenvalue weighted by Crippen LogP contribution is -2.51. The third-order valence-corrected chi connectivity index (χ3v) is 6.14. The van der Waals surface area contributed by atoms with Crippen LogP contribution < -0.4 is 10.5 Å². The molecule has 6 nitrogen and oxygen atoms in total. The van der Waals surface area contributed by atoms with Crippen LogP contribution in [0.2, 0.25) is 0 Å². The van der Waals surface area contributed by atoms with Crippen molar-refractivity contribution in [3.05, 3.63) is 0 Å². The van der Waals surface area contributed by atoms with Gasteiger partial charge in [-0.3, -0.25) is 0 Å². The van der Waals surface area contributed by atoms with Gasteiger partial charge in [0.05, 0.1) is 0 Å². The van der Waals surface area contributed by atoms with Crippen LogP contribution in [0.15, 0.2) is 0 Å². The minimum absolute atomic E-state index is 0.0397. The summed E-state index contributed by atoms with van der Waals surface area (Å²) in [6, 6.07) is -0.0397. The van der Waals surface area contributed by atoms with E-state index >= 15 is 0 Å². The van der Waals surface area contributed by atoms with Crippen LogP contribution in [-0.2, 0) is 14.9 Å². The SMILES string of the molecule is CC(NS(=O)(=O)N1CCCC(CN)C1)C1CCOCC1. The van der Waals surface area contributed by atoms with Gasteiger partial charge in [-0.15, -0.1) is 0 Å². The molecule has 2 saturated heterocycles. The molecule has 2 heterocycles. The number of hydrogen-bond acceptors (Lipinski definition) is 4. The second-order valence-corrected chi connectivity index (χ2v) is 7.67. The van der Waals surface area contributed by atoms with Gasteiger partial charge in [0.2, 0.25) is 0 Å². The number of ether oxygens (including phenoxy) is 1. The zero-order valence-corrected chi connectivity index (χ0v) is 13.1. The number of nitrogens with one attached hydrogen (secondary N) is 1. The van der Waals surface area contributed by atoms with Crippen molar-refractivity contribution >= 4 is 10.2 Å². The van der Waals surface area contributed by atoms with Crippen molar-refractivity contribution in [1.82, 2.24) is 9.03 Å². The second kappa shape index (κ2) is 7.17. The van der Waals surface area contributed by atoms with Crippen molar-refractivity contribution in [1.29, 1.82) is 0 Å². The average Bonchev–Trinajstić information content (AvgIpc) is 2.48. The number of piperidine rings is 1. The van der Waals surface area contributed by atoms with E-state index in [-0.39, 0.29) is 6.04 Å². The van der Waals surface area contributed by atoms with E-state index in [0.717, 1.165) is 38.9 Å². The Labute approximate surface area is 122 Å². The third kappa shape index (κ3) is 4.14. The molecule has 0 amide bonds. The van der Waals surface area contributed by atoms with Crippen LogP contribution in [0.1, 0.15) is 32.6 Å². The number of nitrogens with two attached hydrogens (primary N) is 1. The Hall–Kier alpha value is -0.210. The number of hydrogen-bond donors (Lipinski definition) is 2. The number of nitrogens with zero attached hydrogens (tertiary/aromatic N) is 1. The van der Waals surface area contributed by atoms with Gasteiger partial charge >= 0.3 is 0 Å². The zero-order chi connectivity index (χ0) is 14.6. The van der Waals surface area contributed by atoms with Crippen molar-refractivity contribution in [2.24, 2.45) is 17.6 Å². The summed E-state index contributed by atoms with van der Waals surface area (Å²) < 4.78 is 34.6. The molecule has 2 rings (SSSR count). The molecule has 0 saturated carbocycles. The Morgan fingerprint density at radius 2 is 2.05 bits per heavy atom. The van der Waals surface area contributed by atoms with E-state index in [2.05, 4.69) is 4.72 Å². The molecule has 2 fully saturated rings. The van der Waals surface area contributed by atoms with E-state index in [4.69, 9.17) is 10.5 Å². The lowest BCUT2D eigenvalue weighted by Gasteiger charge is -2.34. The summed E-state index contributed by atoms with van der Waals surface area (Å²) in [6.45, 7) is 5.13. The smallest absolute Gasteiger partial charge is 0.279 e. The van der Waals surface area contributed by atoms with Crippen molar-refractivity contribution in [2.75, 3.05) is 32.8 Å². The normalized spacial score (nSPS) is 28.4. The lowest BCUT2D eigenvalue weighted by atomic mass is 9.94. The molecule has 2 aliphatic rings. The predicted molar refractivity (Wildman–Crippen MR) is 78.4 cm³/mol. The summed E-state index contributed by atoms with van der Waals surface area (Å²) in [6.07, 6.45) is 3.77. The molecule has 2 atom stereocenters. The maximum atomic E-state index is 12.4. The molecule has 2 unspecified atom stereocenters. The van der Waals surface area contributed by atoms with Gasteiger partial charge in [0.25, 0.3) is 10.2 Å². The molecule has 0 radical (unpaired) electrons. The van der Waals surface area contributed by atoms with Crippen LogP contribution in [0.5, 0.6) is 0 Å². The van der Waals surface area contributed by atoms with Crippen molar-refractivity contribution in [3.8, 4) is 0 Å². The Balaban J connectivity index is 1.92. The van der Waals surface area contributed by atoms with Crippen LogP contribution >= 0.6 is 0 Å². The van der Waals surface area contributed by atoms with Crippen molar-refractivity contribution in [3.63, 3.8) is 0 Å². The van der Waals surface area contributed by atoms with Gasteiger partial charge in [0.15, 0.2) is 0 Å². The largest absolute Gasteiger partial charge is 0.381 e. The van der Waals surface area contributed by atoms with Crippen LogP contribution in [0, 0.1) is 11.8 Å². The fraction of sp³-hybridized carbons (Fsp3) is 1.00. The van der Waals surface area contributed by atoms with Crippen LogP contribution in [0.25, 0.3) is 0 Å². The second-order valence-electron chi connectivity index (χ2n) is 5.96. The molecule has 20 heavy (non-hydrogen) atoms. The summed E-state index contributed by atoms with van der Waals surface area (Å²) in [5, 5.41) is 0. The Kier molecular flexibility index (Phi) is 5.80. The predicted octanol–water partition coefficient (Wildman–Crippen LogP) is 0.307. The summed E-state index contributed by atoms with van der Waals surface area (Å²) in [7, 11) is -3.39. The molecule has 7 heteroatoms. The highest BCUT2D eigenvalue weighted by Gasteiger charge is 2.31. The van der Waals surface area contributed by atoms with Gasteiger partial charge in [-0.25, -0.2) is 0 Å². The summed E-state index contributed by atoms with van der Waals surface area (Å²) >= 11 is 0. The first-order valence-electron chi connectivity index (χ1n) is 7.58. The monoisotopic (exact) mass is 305 g/mol. The highest BCUT2D eigenvalue weighted by molar-refractivity contribution is 7.87. The Bertz CT molecular complexity index is 396. The first-order valence-corrected chi connectivity index (χ1v) is 9.02. The van der Waals surface area contributed by atoms with E-state index in [9.17, 15) is 8.42 Å². The average molecular weight is 305 g/mol. The maximum absolute atomic E-state index is 12.4. The standard InChI is InChI=1S/C13H27N3O3S/c1-11(13-4-7-19-8-5-13)15-20(17,18)16-6-2-3-12(9-14)10-16/h11-13,15H,2-10,14H2,1H3. The molecular formula is C13H27N3O3S. The van der Waals surface area contributed by atoms with Gasteiger partial charge in [0.1, 0.15) is 0 Å². The molecule has 2 aliphatic heterocycles. The molecule has 0 aromatic heterocycles. The molecule has 0 aliphatic carbocycles. The topological polar surface area (TPSA) is 84.7 Å². The first-order chi connectivity index (χ1) is 9.53. The molecule has 0 spiro atoms. The van der Waals surface area contributed by atoms with Crippen LogP contribution in [-0.4, -0.2) is 51.6 Å². The zero-order valence-electron chi connectivity index (χ0n) is 12.3. The Morgan fingerprint density at radius 3 is 2.70 bits per heavy atom. The van der Waals surface area contributed by atoms with Gasteiger partial charge in [-0.2, -0.15) is 17.4 Å². The highest BCUT2D eigenvalue weighted by Crippen LogP contribution is 2.21. The maximum Gasteiger partial charge on any atom is 0.279 e. The molecule has 0 aromatic carbocycles. The summed E-state index contributed by atoms with van der Waals surface area (Å²) in [4.78, 5) is 0. The van der Waals surface area contributed by atoms with Gasteiger partial charge < -0.3 is 10.5 Å². The third-order valence-electron chi connectivity index (χ3n) is 4.46. The van der Waals surface area contributed by atoms with E-state index in [0.29, 0.717) is 31.5 Å². The van der Waals surface area contributed by atoms with Crippen LogP contribution in [0.3, 0.4) is 0 Å². The minimum atomic E-state index is -3.39. The number of rotatable bonds is 5.